The van der Waals surface area contributed by atoms with Gasteiger partial charge in [-0.2, -0.15) is 5.10 Å². The minimum atomic E-state index is -0.725. The molecule has 1 aromatic heterocycles. The predicted octanol–water partition coefficient (Wildman–Crippen LogP) is 2.59. The van der Waals surface area contributed by atoms with E-state index in [0.717, 1.165) is 0 Å². The number of nitrogens with one attached hydrogen (secondary N) is 1. The predicted molar refractivity (Wildman–Crippen MR) is 63.0 cm³/mol. The Morgan fingerprint density at radius 1 is 1.65 bits per heavy atom. The van der Waals surface area contributed by atoms with Crippen molar-refractivity contribution in [2.75, 3.05) is 13.3 Å². The average Bonchev–Trinajstić information content (AvgIpc) is 2.68. The molecular weight excluding hydrogens is 247 g/mol. The van der Waals surface area contributed by atoms with Crippen molar-refractivity contribution in [1.29, 1.82) is 0 Å². The molecule has 17 heavy (non-hydrogen) atoms. The largest absolute Gasteiger partial charge is 0.467 e. The summed E-state index contributed by atoms with van der Waals surface area (Å²) >= 11 is 6.16. The van der Waals surface area contributed by atoms with Gasteiger partial charge in [-0.1, -0.05) is 32.4 Å². The fourth-order valence-electron chi connectivity index (χ4n) is 1.45. The minimum Gasteiger partial charge on any atom is -0.467 e. The highest BCUT2D eigenvalue weighted by Gasteiger charge is 2.29. The summed E-state index contributed by atoms with van der Waals surface area (Å²) < 4.78 is 17.5. The summed E-state index contributed by atoms with van der Waals surface area (Å²) in [5, 5.41) is 7.24. The van der Waals surface area contributed by atoms with E-state index in [4.69, 9.17) is 11.6 Å². The van der Waals surface area contributed by atoms with E-state index in [-0.39, 0.29) is 12.5 Å². The molecule has 0 spiro atoms. The molecule has 96 valence electrons. The first-order valence-corrected chi connectivity index (χ1v) is 5.67. The van der Waals surface area contributed by atoms with Gasteiger partial charge in [0.25, 0.3) is 6.47 Å². The lowest BCUT2D eigenvalue weighted by atomic mass is 9.90. The van der Waals surface area contributed by atoms with E-state index in [1.54, 1.807) is 13.8 Å². The van der Waals surface area contributed by atoms with Crippen molar-refractivity contribution < 1.29 is 13.9 Å². The van der Waals surface area contributed by atoms with Crippen molar-refractivity contribution >= 4 is 18.1 Å². The number of aromatic amines is 1. The maximum atomic E-state index is 12.9. The van der Waals surface area contributed by atoms with E-state index in [9.17, 15) is 9.18 Å². The monoisotopic (exact) mass is 262 g/mol. The number of carbonyl (C=O) groups is 1. The number of rotatable bonds is 6. The number of nitrogens with zero attached hydrogens (tertiary/aromatic N) is 1. The van der Waals surface area contributed by atoms with Crippen molar-refractivity contribution in [3.8, 4) is 0 Å². The minimum absolute atomic E-state index is 0.107. The molecule has 0 fully saturated rings. The Morgan fingerprint density at radius 3 is 2.82 bits per heavy atom. The topological polar surface area (TPSA) is 55.0 Å². The van der Waals surface area contributed by atoms with Crippen LogP contribution in [-0.4, -0.2) is 30.0 Å². The van der Waals surface area contributed by atoms with Crippen LogP contribution in [0.2, 0.25) is 5.02 Å². The Labute approximate surface area is 104 Å². The first-order chi connectivity index (χ1) is 7.94. The smallest absolute Gasteiger partial charge is 0.293 e. The zero-order valence-electron chi connectivity index (χ0n) is 10.1. The van der Waals surface area contributed by atoms with Gasteiger partial charge in [-0.25, -0.2) is 0 Å². The Bertz CT molecular complexity index is 393. The van der Waals surface area contributed by atoms with E-state index in [2.05, 4.69) is 14.9 Å². The van der Waals surface area contributed by atoms with Crippen LogP contribution in [0.4, 0.5) is 4.39 Å². The number of carbonyl (C=O) groups excluding carboxylic acids is 1. The van der Waals surface area contributed by atoms with E-state index >= 15 is 0 Å². The highest BCUT2D eigenvalue weighted by atomic mass is 35.5. The van der Waals surface area contributed by atoms with E-state index in [1.807, 2.05) is 6.92 Å². The van der Waals surface area contributed by atoms with Gasteiger partial charge in [-0.3, -0.25) is 14.3 Å². The first-order valence-electron chi connectivity index (χ1n) is 5.29. The molecule has 6 heteroatoms. The van der Waals surface area contributed by atoms with Crippen LogP contribution < -0.4 is 0 Å². The fourth-order valence-corrected chi connectivity index (χ4v) is 1.97. The molecule has 4 nitrogen and oxygen atoms in total. The van der Waals surface area contributed by atoms with Crippen LogP contribution in [0.1, 0.15) is 38.1 Å². The van der Waals surface area contributed by atoms with Gasteiger partial charge in [0.05, 0.1) is 23.0 Å². The van der Waals surface area contributed by atoms with Crippen LogP contribution in [0.3, 0.4) is 0 Å². The van der Waals surface area contributed by atoms with Crippen LogP contribution >= 0.6 is 11.6 Å². The fraction of sp³-hybridized carbons (Fsp3) is 0.636. The van der Waals surface area contributed by atoms with Crippen LogP contribution in [0, 0.1) is 0 Å². The molecule has 0 aliphatic heterocycles. The number of halogens is 2. The summed E-state index contributed by atoms with van der Waals surface area (Å²) in [6.07, 6.45) is 0. The van der Waals surface area contributed by atoms with Crippen molar-refractivity contribution in [2.24, 2.45) is 0 Å². The molecule has 0 aromatic carbocycles. The Hall–Kier alpha value is -1.10. The maximum Gasteiger partial charge on any atom is 0.293 e. The molecule has 0 bridgehead atoms. The molecular formula is C11H16ClFN2O2. The molecule has 0 saturated heterocycles. The number of alkyl halides is 1. The number of hydrogen-bond donors (Lipinski definition) is 1. The summed E-state index contributed by atoms with van der Waals surface area (Å²) in [6, 6.07) is 0. The third-order valence-electron chi connectivity index (χ3n) is 2.61. The van der Waals surface area contributed by atoms with Crippen molar-refractivity contribution in [2.45, 2.75) is 32.1 Å². The van der Waals surface area contributed by atoms with Crippen LogP contribution in [-0.2, 0) is 14.9 Å². The third-order valence-corrected chi connectivity index (χ3v) is 3.00. The molecule has 1 atom stereocenters. The van der Waals surface area contributed by atoms with Crippen LogP contribution in [0.15, 0.2) is 0 Å². The number of H-pyrrole nitrogens is 1. The van der Waals surface area contributed by atoms with Gasteiger partial charge in [0.15, 0.2) is 0 Å². The van der Waals surface area contributed by atoms with Gasteiger partial charge < -0.3 is 4.74 Å². The lowest BCUT2D eigenvalue weighted by Crippen LogP contribution is -2.20. The third kappa shape index (κ3) is 2.97. The summed E-state index contributed by atoms with van der Waals surface area (Å²) in [7, 11) is 0. The van der Waals surface area contributed by atoms with Crippen molar-refractivity contribution in [3.05, 3.63) is 16.4 Å². The maximum absolute atomic E-state index is 12.9. The lowest BCUT2D eigenvalue weighted by molar-refractivity contribution is -0.129. The molecule has 0 saturated carbocycles. The van der Waals surface area contributed by atoms with Gasteiger partial charge in [0, 0.05) is 11.3 Å². The molecule has 0 radical (unpaired) electrons. The Morgan fingerprint density at radius 2 is 2.29 bits per heavy atom. The van der Waals surface area contributed by atoms with Gasteiger partial charge in [0.1, 0.15) is 6.67 Å². The van der Waals surface area contributed by atoms with Crippen LogP contribution in [0.25, 0.3) is 0 Å². The van der Waals surface area contributed by atoms with E-state index in [1.165, 1.54) is 0 Å². The SMILES string of the molecule is CC(COC=O)c1[nH]nc(C(C)(C)CF)c1Cl. The normalized spacial score (nSPS) is 13.5. The van der Waals surface area contributed by atoms with Crippen LogP contribution in [0.5, 0.6) is 0 Å². The second kappa shape index (κ2) is 5.49. The standard InChI is InChI=1S/C11H16ClFN2O2/c1-7(4-17-6-16)9-8(12)10(15-14-9)11(2,3)5-13/h6-7H,4-5H2,1-3H3,(H,14,15). The molecule has 0 aliphatic carbocycles. The lowest BCUT2D eigenvalue weighted by Gasteiger charge is -2.18. The molecule has 1 rings (SSSR count). The zero-order chi connectivity index (χ0) is 13.1. The van der Waals surface area contributed by atoms with E-state index in [0.29, 0.717) is 22.9 Å². The average molecular weight is 263 g/mol. The summed E-state index contributed by atoms with van der Waals surface area (Å²) in [6.45, 7) is 5.34. The van der Waals surface area contributed by atoms with Gasteiger partial charge in [-0.15, -0.1) is 0 Å². The van der Waals surface area contributed by atoms with Gasteiger partial charge >= 0.3 is 0 Å². The Kier molecular flexibility index (Phi) is 4.51. The second-order valence-corrected chi connectivity index (χ2v) is 5.03. The highest BCUT2D eigenvalue weighted by Crippen LogP contribution is 2.33. The Balaban J connectivity index is 2.94. The van der Waals surface area contributed by atoms with Gasteiger partial charge in [0.2, 0.25) is 0 Å². The zero-order valence-corrected chi connectivity index (χ0v) is 10.8. The molecule has 1 unspecified atom stereocenters. The van der Waals surface area contributed by atoms with Crippen molar-refractivity contribution in [1.82, 2.24) is 10.2 Å². The highest BCUT2D eigenvalue weighted by molar-refractivity contribution is 6.32. The molecule has 1 aromatic rings. The van der Waals surface area contributed by atoms with E-state index < -0.39 is 12.1 Å². The quantitative estimate of drug-likeness (QED) is 0.802. The van der Waals surface area contributed by atoms with Gasteiger partial charge in [-0.05, 0) is 0 Å². The molecule has 1 heterocycles. The summed E-state index contributed by atoms with van der Waals surface area (Å²) in [5.74, 6) is -0.107. The second-order valence-electron chi connectivity index (χ2n) is 4.65. The molecule has 1 N–H and O–H groups in total. The first kappa shape index (κ1) is 14.0. The summed E-state index contributed by atoms with van der Waals surface area (Å²) in [4.78, 5) is 10.1. The number of aromatic nitrogens is 2. The number of ether oxygens (including phenoxy) is 1. The molecule has 0 aliphatic rings. The number of hydrogen-bond acceptors (Lipinski definition) is 3. The molecule has 0 amide bonds. The van der Waals surface area contributed by atoms with Crippen molar-refractivity contribution in [3.63, 3.8) is 0 Å². The summed E-state index contributed by atoms with van der Waals surface area (Å²) in [5.41, 5.74) is 0.427.